The van der Waals surface area contributed by atoms with E-state index in [2.05, 4.69) is 38.5 Å². The van der Waals surface area contributed by atoms with Gasteiger partial charge >= 0.3 is 0 Å². The summed E-state index contributed by atoms with van der Waals surface area (Å²) in [7, 11) is 0. The van der Waals surface area contributed by atoms with E-state index in [1.54, 1.807) is 6.92 Å². The molecular formula is C30H42N8O2S. The van der Waals surface area contributed by atoms with Gasteiger partial charge in [0.15, 0.2) is 4.83 Å². The van der Waals surface area contributed by atoms with E-state index in [1.165, 1.54) is 17.1 Å². The van der Waals surface area contributed by atoms with Gasteiger partial charge in [0, 0.05) is 44.5 Å². The molecule has 2 atom stereocenters. The zero-order valence-electron chi connectivity index (χ0n) is 24.4. The van der Waals surface area contributed by atoms with E-state index in [0.717, 1.165) is 98.4 Å². The van der Waals surface area contributed by atoms with Crippen molar-refractivity contribution in [3.8, 4) is 0 Å². The van der Waals surface area contributed by atoms with Gasteiger partial charge in [-0.2, -0.15) is 19.4 Å². The second kappa shape index (κ2) is 12.1. The van der Waals surface area contributed by atoms with E-state index in [4.69, 9.17) is 14.7 Å². The molecule has 0 radical (unpaired) electrons. The minimum Gasteiger partial charge on any atom is -0.381 e. The molecule has 3 aliphatic rings. The minimum absolute atomic E-state index is 0.199. The first-order valence-electron chi connectivity index (χ1n) is 15.2. The Labute approximate surface area is 246 Å². The summed E-state index contributed by atoms with van der Waals surface area (Å²) in [6.07, 6.45) is 13.2. The predicted octanol–water partition coefficient (Wildman–Crippen LogP) is 6.00. The topological polar surface area (TPSA) is 110 Å². The fourth-order valence-electron chi connectivity index (χ4n) is 6.90. The number of likely N-dealkylation sites (tertiary alicyclic amines) is 1. The standard InChI is InChI=1S/C30H42N8O2S/c1-5-24-15-26(38(24)20(4)39)14-18(2)21-6-8-22(9-7-21)32-28-27-19(3)36-41-29(27)35-30(34-28)33-23-16-31-37(17-23)25-10-12-40-13-11-25/h16-17,21-22,24-26H,2,5-15H2,1,3-4H3,(H2,32,33,34,35). The fourth-order valence-corrected chi connectivity index (χ4v) is 7.68. The summed E-state index contributed by atoms with van der Waals surface area (Å²) in [5.74, 6) is 2.12. The van der Waals surface area contributed by atoms with E-state index in [9.17, 15) is 4.79 Å². The molecule has 2 unspecified atom stereocenters. The van der Waals surface area contributed by atoms with Crippen LogP contribution in [0.2, 0.25) is 0 Å². The average molecular weight is 579 g/mol. The summed E-state index contributed by atoms with van der Waals surface area (Å²) in [6.45, 7) is 11.9. The van der Waals surface area contributed by atoms with Crippen LogP contribution in [0.4, 0.5) is 17.5 Å². The number of aryl methyl sites for hydroxylation is 1. The highest BCUT2D eigenvalue weighted by molar-refractivity contribution is 7.13. The summed E-state index contributed by atoms with van der Waals surface area (Å²) in [5, 5.41) is 12.7. The van der Waals surface area contributed by atoms with Crippen molar-refractivity contribution in [1.82, 2.24) is 29.0 Å². The maximum atomic E-state index is 12.1. The van der Waals surface area contributed by atoms with Crippen LogP contribution in [0.25, 0.3) is 10.2 Å². The molecule has 0 aromatic carbocycles. The number of aromatic nitrogens is 5. The van der Waals surface area contributed by atoms with Crippen LogP contribution in [-0.4, -0.2) is 66.3 Å². The van der Waals surface area contributed by atoms with Crippen molar-refractivity contribution in [3.05, 3.63) is 30.2 Å². The normalized spacial score (nSPS) is 25.2. The van der Waals surface area contributed by atoms with Gasteiger partial charge in [-0.1, -0.05) is 19.1 Å². The van der Waals surface area contributed by atoms with Gasteiger partial charge in [-0.3, -0.25) is 9.48 Å². The minimum atomic E-state index is 0.199. The zero-order valence-corrected chi connectivity index (χ0v) is 25.3. The number of nitrogens with zero attached hydrogens (tertiary/aromatic N) is 6. The Bertz CT molecular complexity index is 1390. The van der Waals surface area contributed by atoms with Crippen molar-refractivity contribution in [3.63, 3.8) is 0 Å². The van der Waals surface area contributed by atoms with Crippen LogP contribution in [0.3, 0.4) is 0 Å². The molecule has 3 fully saturated rings. The van der Waals surface area contributed by atoms with Gasteiger partial charge in [0.1, 0.15) is 5.82 Å². The summed E-state index contributed by atoms with van der Waals surface area (Å²) in [5.41, 5.74) is 3.14. The lowest BCUT2D eigenvalue weighted by Gasteiger charge is -2.49. The van der Waals surface area contributed by atoms with Crippen molar-refractivity contribution in [2.75, 3.05) is 23.8 Å². The van der Waals surface area contributed by atoms with Gasteiger partial charge in [-0.25, -0.2) is 0 Å². The number of carbonyl (C=O) groups is 1. The molecule has 41 heavy (non-hydrogen) atoms. The Morgan fingerprint density at radius 2 is 1.93 bits per heavy atom. The van der Waals surface area contributed by atoms with Gasteiger partial charge in [0.25, 0.3) is 0 Å². The molecule has 11 heteroatoms. The lowest BCUT2D eigenvalue weighted by Crippen LogP contribution is -2.57. The number of nitrogens with one attached hydrogen (secondary N) is 2. The van der Waals surface area contributed by atoms with Crippen molar-refractivity contribution < 1.29 is 9.53 Å². The fraction of sp³-hybridized carbons (Fsp3) is 0.633. The highest BCUT2D eigenvalue weighted by Crippen LogP contribution is 2.38. The summed E-state index contributed by atoms with van der Waals surface area (Å²) >= 11 is 1.41. The summed E-state index contributed by atoms with van der Waals surface area (Å²) in [4.78, 5) is 24.8. The molecule has 0 bridgehead atoms. The monoisotopic (exact) mass is 578 g/mol. The maximum Gasteiger partial charge on any atom is 0.230 e. The lowest BCUT2D eigenvalue weighted by molar-refractivity contribution is -0.142. The number of ether oxygens (including phenoxy) is 1. The summed E-state index contributed by atoms with van der Waals surface area (Å²) in [6, 6.07) is 1.44. The van der Waals surface area contributed by atoms with E-state index < -0.39 is 0 Å². The van der Waals surface area contributed by atoms with E-state index in [0.29, 0.717) is 36.0 Å². The quantitative estimate of drug-likeness (QED) is 0.298. The van der Waals surface area contributed by atoms with Crippen LogP contribution in [0, 0.1) is 12.8 Å². The number of hydrogen-bond donors (Lipinski definition) is 2. The second-order valence-corrected chi connectivity index (χ2v) is 12.7. The van der Waals surface area contributed by atoms with E-state index in [1.807, 2.05) is 24.0 Å². The Balaban J connectivity index is 1.08. The van der Waals surface area contributed by atoms with Gasteiger partial charge in [0.2, 0.25) is 11.9 Å². The molecule has 220 valence electrons. The molecule has 2 N–H and O–H groups in total. The van der Waals surface area contributed by atoms with Gasteiger partial charge in [-0.15, -0.1) is 0 Å². The highest BCUT2D eigenvalue weighted by Gasteiger charge is 2.39. The molecule has 0 spiro atoms. The lowest BCUT2D eigenvalue weighted by atomic mass is 9.77. The first-order chi connectivity index (χ1) is 19.9. The van der Waals surface area contributed by atoms with Crippen LogP contribution in [0.5, 0.6) is 0 Å². The molecule has 3 aromatic heterocycles. The molecular weight excluding hydrogens is 536 g/mol. The van der Waals surface area contributed by atoms with E-state index in [-0.39, 0.29) is 5.91 Å². The Kier molecular flexibility index (Phi) is 8.26. The van der Waals surface area contributed by atoms with Gasteiger partial charge in [0.05, 0.1) is 29.0 Å². The van der Waals surface area contributed by atoms with E-state index >= 15 is 0 Å². The Morgan fingerprint density at radius 1 is 1.15 bits per heavy atom. The van der Waals surface area contributed by atoms with Gasteiger partial charge in [-0.05, 0) is 82.2 Å². The SMILES string of the molecule is C=C(CC1CC(CC)N1C(C)=O)C1CCC(Nc2nc(Nc3cnn(C4CCOCC4)c3)nc3snc(C)c23)CC1. The predicted molar refractivity (Wildman–Crippen MR) is 163 cm³/mol. The molecule has 2 saturated heterocycles. The zero-order chi connectivity index (χ0) is 28.5. The van der Waals surface area contributed by atoms with Crippen molar-refractivity contribution in [2.45, 2.75) is 103 Å². The molecule has 1 amide bonds. The largest absolute Gasteiger partial charge is 0.381 e. The maximum absolute atomic E-state index is 12.1. The first-order valence-corrected chi connectivity index (χ1v) is 15.9. The van der Waals surface area contributed by atoms with Crippen molar-refractivity contribution in [2.24, 2.45) is 5.92 Å². The third kappa shape index (κ3) is 5.97. The molecule has 2 aliphatic heterocycles. The Morgan fingerprint density at radius 3 is 2.66 bits per heavy atom. The van der Waals surface area contributed by atoms with Crippen molar-refractivity contribution >= 4 is 45.1 Å². The van der Waals surface area contributed by atoms with Crippen LogP contribution < -0.4 is 10.6 Å². The number of anilines is 3. The van der Waals surface area contributed by atoms with Gasteiger partial charge < -0.3 is 20.3 Å². The van der Waals surface area contributed by atoms with Crippen LogP contribution in [0.1, 0.15) is 83.4 Å². The third-order valence-electron chi connectivity index (χ3n) is 9.24. The Hall–Kier alpha value is -3.05. The summed E-state index contributed by atoms with van der Waals surface area (Å²) < 4.78 is 12.1. The molecule has 10 nitrogen and oxygen atoms in total. The van der Waals surface area contributed by atoms with Crippen LogP contribution >= 0.6 is 11.5 Å². The number of fused-ring (bicyclic) bond motifs is 1. The van der Waals surface area contributed by atoms with Crippen LogP contribution in [0.15, 0.2) is 24.5 Å². The van der Waals surface area contributed by atoms with Crippen LogP contribution in [-0.2, 0) is 9.53 Å². The number of rotatable bonds is 9. The second-order valence-electron chi connectivity index (χ2n) is 12.0. The number of carbonyl (C=O) groups excluding carboxylic acids is 1. The average Bonchev–Trinajstić information content (AvgIpc) is 3.58. The van der Waals surface area contributed by atoms with Crippen molar-refractivity contribution in [1.29, 1.82) is 0 Å². The molecule has 5 heterocycles. The number of amides is 1. The molecule has 3 aromatic rings. The molecule has 6 rings (SSSR count). The third-order valence-corrected chi connectivity index (χ3v) is 10.1. The highest BCUT2D eigenvalue weighted by atomic mass is 32.1. The molecule has 1 saturated carbocycles. The first kappa shape index (κ1) is 28.1. The number of hydrogen-bond acceptors (Lipinski definition) is 9. The smallest absolute Gasteiger partial charge is 0.230 e. The molecule has 1 aliphatic carbocycles.